The molecule has 1 aliphatic heterocycles. The molecule has 3 aromatic rings. The molecular formula is C18H18F3N5S. The lowest BCUT2D eigenvalue weighted by Gasteiger charge is -2.17. The molecule has 0 N–H and O–H groups in total. The summed E-state index contributed by atoms with van der Waals surface area (Å²) in [5, 5.41) is 0. The molecule has 0 spiro atoms. The molecule has 1 atom stereocenters. The maximum absolute atomic E-state index is 13.1. The van der Waals surface area contributed by atoms with Crippen LogP contribution < -0.4 is 4.90 Å². The maximum Gasteiger partial charge on any atom is 0.417 e. The van der Waals surface area contributed by atoms with Crippen molar-refractivity contribution < 1.29 is 13.2 Å². The minimum absolute atomic E-state index is 0.368. The van der Waals surface area contributed by atoms with Crippen molar-refractivity contribution in [3.63, 3.8) is 0 Å². The van der Waals surface area contributed by atoms with E-state index >= 15 is 0 Å². The molecule has 0 aromatic carbocycles. The molecule has 0 amide bonds. The summed E-state index contributed by atoms with van der Waals surface area (Å²) in [5.74, 6) is 2.91. The smallest absolute Gasteiger partial charge is 0.356 e. The Morgan fingerprint density at radius 1 is 1.22 bits per heavy atom. The molecular weight excluding hydrogens is 375 g/mol. The van der Waals surface area contributed by atoms with Crippen molar-refractivity contribution in [1.29, 1.82) is 0 Å². The van der Waals surface area contributed by atoms with Crippen LogP contribution in [0.4, 0.5) is 19.0 Å². The predicted molar refractivity (Wildman–Crippen MR) is 99.9 cm³/mol. The van der Waals surface area contributed by atoms with Crippen LogP contribution in [-0.4, -0.2) is 44.5 Å². The highest BCUT2D eigenvalue weighted by Gasteiger charge is 2.31. The standard InChI is InChI=1S/C18H18F3N5S/c1-27-11-12-5-7-25(9-12)16-4-6-22-17(24-16)14-8-23-15-3-2-13(10-26(14)15)18(19,20)21/h2-4,6,8,10,12H,5,7,9,11H2,1H3. The molecule has 3 aromatic heterocycles. The number of pyridine rings is 1. The van der Waals surface area contributed by atoms with Crippen molar-refractivity contribution in [3.05, 3.63) is 42.4 Å². The van der Waals surface area contributed by atoms with Crippen LogP contribution >= 0.6 is 11.8 Å². The first-order valence-electron chi connectivity index (χ1n) is 8.57. The molecule has 0 radical (unpaired) electrons. The van der Waals surface area contributed by atoms with Crippen LogP contribution in [0.5, 0.6) is 0 Å². The van der Waals surface area contributed by atoms with Gasteiger partial charge in [0.05, 0.1) is 11.8 Å². The molecule has 1 fully saturated rings. The average molecular weight is 393 g/mol. The molecule has 5 nitrogen and oxygen atoms in total. The van der Waals surface area contributed by atoms with Gasteiger partial charge in [0.15, 0.2) is 5.82 Å². The number of alkyl halides is 3. The summed E-state index contributed by atoms with van der Waals surface area (Å²) in [6.45, 7) is 1.86. The molecule has 1 saturated heterocycles. The number of nitrogens with zero attached hydrogens (tertiary/aromatic N) is 5. The van der Waals surface area contributed by atoms with Crippen molar-refractivity contribution in [1.82, 2.24) is 19.4 Å². The molecule has 9 heteroatoms. The second-order valence-corrected chi connectivity index (χ2v) is 7.49. The van der Waals surface area contributed by atoms with Crippen LogP contribution in [0.3, 0.4) is 0 Å². The molecule has 1 aliphatic rings. The summed E-state index contributed by atoms with van der Waals surface area (Å²) in [6, 6.07) is 4.22. The van der Waals surface area contributed by atoms with Gasteiger partial charge in [0, 0.05) is 25.5 Å². The fourth-order valence-electron chi connectivity index (χ4n) is 3.37. The van der Waals surface area contributed by atoms with E-state index in [1.807, 2.05) is 17.8 Å². The van der Waals surface area contributed by atoms with Gasteiger partial charge in [-0.25, -0.2) is 15.0 Å². The quantitative estimate of drug-likeness (QED) is 0.671. The lowest BCUT2D eigenvalue weighted by molar-refractivity contribution is -0.137. The summed E-state index contributed by atoms with van der Waals surface area (Å²) in [4.78, 5) is 15.3. The molecule has 0 saturated carbocycles. The SMILES string of the molecule is CSCC1CCN(c2ccnc(-c3cnc4ccc(C(F)(F)F)cn34)n2)C1. The largest absolute Gasteiger partial charge is 0.417 e. The maximum atomic E-state index is 13.1. The molecule has 0 aliphatic carbocycles. The van der Waals surface area contributed by atoms with Crippen LogP contribution in [0.2, 0.25) is 0 Å². The first kappa shape index (κ1) is 18.1. The van der Waals surface area contributed by atoms with Crippen molar-refractivity contribution in [2.45, 2.75) is 12.6 Å². The zero-order valence-corrected chi connectivity index (χ0v) is 15.5. The number of rotatable bonds is 4. The Kier molecular flexibility index (Phi) is 4.71. The monoisotopic (exact) mass is 393 g/mol. The lowest BCUT2D eigenvalue weighted by atomic mass is 10.2. The highest BCUT2D eigenvalue weighted by Crippen LogP contribution is 2.31. The van der Waals surface area contributed by atoms with E-state index in [9.17, 15) is 13.2 Å². The topological polar surface area (TPSA) is 46.3 Å². The Morgan fingerprint density at radius 3 is 2.85 bits per heavy atom. The third kappa shape index (κ3) is 3.60. The van der Waals surface area contributed by atoms with E-state index in [0.717, 1.165) is 43.3 Å². The van der Waals surface area contributed by atoms with E-state index in [2.05, 4.69) is 26.1 Å². The Morgan fingerprint density at radius 2 is 2.07 bits per heavy atom. The van der Waals surface area contributed by atoms with Gasteiger partial charge in [-0.1, -0.05) is 0 Å². The Balaban J connectivity index is 1.68. The van der Waals surface area contributed by atoms with Crippen molar-refractivity contribution >= 4 is 23.2 Å². The van der Waals surface area contributed by atoms with Crippen molar-refractivity contribution in [2.24, 2.45) is 5.92 Å². The van der Waals surface area contributed by atoms with Gasteiger partial charge in [0.2, 0.25) is 0 Å². The zero-order valence-electron chi connectivity index (χ0n) is 14.6. The highest BCUT2D eigenvalue weighted by atomic mass is 32.2. The summed E-state index contributed by atoms with van der Waals surface area (Å²) in [6.07, 6.45) is 3.00. The molecule has 0 bridgehead atoms. The van der Waals surface area contributed by atoms with E-state index in [1.165, 1.54) is 16.7 Å². The second kappa shape index (κ2) is 7.03. The van der Waals surface area contributed by atoms with Crippen LogP contribution in [-0.2, 0) is 6.18 Å². The summed E-state index contributed by atoms with van der Waals surface area (Å²) in [7, 11) is 0. The second-order valence-electron chi connectivity index (χ2n) is 6.58. The van der Waals surface area contributed by atoms with E-state index in [-0.39, 0.29) is 0 Å². The fraction of sp³-hybridized carbons (Fsp3) is 0.389. The first-order chi connectivity index (χ1) is 13.0. The van der Waals surface area contributed by atoms with Crippen molar-refractivity contribution in [2.75, 3.05) is 30.0 Å². The summed E-state index contributed by atoms with van der Waals surface area (Å²) < 4.78 is 40.5. The van der Waals surface area contributed by atoms with E-state index < -0.39 is 11.7 Å². The van der Waals surface area contributed by atoms with Gasteiger partial charge in [-0.15, -0.1) is 0 Å². The number of halogens is 3. The number of hydrogen-bond acceptors (Lipinski definition) is 5. The van der Waals surface area contributed by atoms with Gasteiger partial charge < -0.3 is 4.90 Å². The van der Waals surface area contributed by atoms with Crippen LogP contribution in [0.25, 0.3) is 17.2 Å². The third-order valence-electron chi connectivity index (χ3n) is 4.72. The zero-order chi connectivity index (χ0) is 19.0. The van der Waals surface area contributed by atoms with Gasteiger partial charge in [-0.05, 0) is 42.5 Å². The van der Waals surface area contributed by atoms with Crippen molar-refractivity contribution in [3.8, 4) is 11.5 Å². The van der Waals surface area contributed by atoms with Crippen LogP contribution in [0, 0.1) is 5.92 Å². The first-order valence-corrected chi connectivity index (χ1v) is 9.96. The third-order valence-corrected chi connectivity index (χ3v) is 5.52. The van der Waals surface area contributed by atoms with E-state index in [1.54, 1.807) is 6.20 Å². The normalized spacial score (nSPS) is 17.8. The average Bonchev–Trinajstić information content (AvgIpc) is 3.28. The number of thioether (sulfide) groups is 1. The Bertz CT molecular complexity index is 956. The van der Waals surface area contributed by atoms with Crippen LogP contribution in [0.1, 0.15) is 12.0 Å². The molecule has 1 unspecified atom stereocenters. The minimum atomic E-state index is -4.42. The predicted octanol–water partition coefficient (Wildman–Crippen LogP) is 4.00. The van der Waals surface area contributed by atoms with Crippen LogP contribution in [0.15, 0.2) is 36.8 Å². The number of hydrogen-bond donors (Lipinski definition) is 0. The number of anilines is 1. The number of aromatic nitrogens is 4. The summed E-state index contributed by atoms with van der Waals surface area (Å²) in [5.41, 5.74) is 0.135. The fourth-order valence-corrected chi connectivity index (χ4v) is 4.12. The Hall–Kier alpha value is -2.29. The number of imidazole rings is 1. The van der Waals surface area contributed by atoms with Gasteiger partial charge in [-0.3, -0.25) is 4.40 Å². The minimum Gasteiger partial charge on any atom is -0.356 e. The molecule has 4 heterocycles. The van der Waals surface area contributed by atoms with Gasteiger partial charge in [-0.2, -0.15) is 24.9 Å². The molecule has 27 heavy (non-hydrogen) atoms. The van der Waals surface area contributed by atoms with Gasteiger partial charge in [0.1, 0.15) is 17.2 Å². The molecule has 142 valence electrons. The highest BCUT2D eigenvalue weighted by molar-refractivity contribution is 7.98. The van der Waals surface area contributed by atoms with E-state index in [4.69, 9.17) is 0 Å². The van der Waals surface area contributed by atoms with E-state index in [0.29, 0.717) is 23.1 Å². The van der Waals surface area contributed by atoms with Gasteiger partial charge in [0.25, 0.3) is 0 Å². The number of fused-ring (bicyclic) bond motifs is 1. The lowest BCUT2D eigenvalue weighted by Crippen LogP contribution is -2.21. The molecule has 4 rings (SSSR count). The van der Waals surface area contributed by atoms with Gasteiger partial charge >= 0.3 is 6.18 Å². The Labute approximate surface area is 158 Å². The summed E-state index contributed by atoms with van der Waals surface area (Å²) >= 11 is 1.84.